The number of aliphatic carboxylic acids is 1. The van der Waals surface area contributed by atoms with Crippen molar-refractivity contribution in [1.29, 1.82) is 0 Å². The largest absolute Gasteiger partial charge is 0.481 e. The molecule has 0 saturated carbocycles. The monoisotopic (exact) mass is 354 g/mol. The van der Waals surface area contributed by atoms with Gasteiger partial charge in [0.25, 0.3) is 0 Å². The first-order valence-corrected chi connectivity index (χ1v) is 7.08. The average molecular weight is 355 g/mol. The van der Waals surface area contributed by atoms with E-state index in [1.165, 1.54) is 7.11 Å². The smallest absolute Gasteiger partial charge is 0.306 e. The van der Waals surface area contributed by atoms with Gasteiger partial charge < -0.3 is 9.84 Å². The van der Waals surface area contributed by atoms with Crippen LogP contribution in [-0.2, 0) is 16.1 Å². The molecule has 1 heterocycles. The summed E-state index contributed by atoms with van der Waals surface area (Å²) in [6.45, 7) is 2.24. The van der Waals surface area contributed by atoms with Crippen molar-refractivity contribution >= 4 is 21.9 Å². The number of ether oxygens (including phenoxy) is 1. The Morgan fingerprint density at radius 3 is 2.95 bits per heavy atom. The second-order valence-electron chi connectivity index (χ2n) is 4.60. The maximum absolute atomic E-state index is 10.8. The molecule has 1 aromatic heterocycles. The van der Waals surface area contributed by atoms with Gasteiger partial charge in [-0.05, 0) is 35.0 Å². The molecule has 0 bridgehead atoms. The molecule has 2 aromatic rings. The number of rotatable bonds is 6. The van der Waals surface area contributed by atoms with Crippen LogP contribution in [0.3, 0.4) is 0 Å². The number of methoxy groups -OCH3 is 1. The molecular formula is C13H15BrN4O3. The summed E-state index contributed by atoms with van der Waals surface area (Å²) >= 11 is 3.42. The highest BCUT2D eigenvalue weighted by atomic mass is 79.9. The minimum absolute atomic E-state index is 0.104. The van der Waals surface area contributed by atoms with Crippen LogP contribution < -0.4 is 0 Å². The van der Waals surface area contributed by atoms with Crippen molar-refractivity contribution in [3.63, 3.8) is 0 Å². The van der Waals surface area contributed by atoms with Gasteiger partial charge in [0.2, 0.25) is 0 Å². The molecule has 8 heteroatoms. The zero-order valence-corrected chi connectivity index (χ0v) is 13.2. The highest BCUT2D eigenvalue weighted by molar-refractivity contribution is 9.10. The molecule has 0 spiro atoms. The molecular weight excluding hydrogens is 340 g/mol. The molecule has 0 radical (unpaired) electrons. The van der Waals surface area contributed by atoms with E-state index in [1.54, 1.807) is 4.68 Å². The summed E-state index contributed by atoms with van der Waals surface area (Å²) in [7, 11) is 1.47. The minimum atomic E-state index is -0.921. The molecule has 0 aliphatic heterocycles. The van der Waals surface area contributed by atoms with E-state index in [9.17, 15) is 4.79 Å². The Morgan fingerprint density at radius 2 is 2.29 bits per heavy atom. The third-order valence-electron chi connectivity index (χ3n) is 3.08. The molecule has 0 aliphatic carbocycles. The van der Waals surface area contributed by atoms with Crippen LogP contribution in [0.1, 0.15) is 12.0 Å². The second-order valence-corrected chi connectivity index (χ2v) is 5.52. The summed E-state index contributed by atoms with van der Waals surface area (Å²) in [4.78, 5) is 10.8. The Balaban J connectivity index is 2.30. The average Bonchev–Trinajstić information content (AvgIpc) is 2.88. The van der Waals surface area contributed by atoms with Gasteiger partial charge in [-0.1, -0.05) is 22.0 Å². The van der Waals surface area contributed by atoms with Crippen molar-refractivity contribution in [2.75, 3.05) is 7.11 Å². The fraction of sp³-hybridized carbons (Fsp3) is 0.385. The number of carboxylic acid groups (broad SMARTS) is 1. The molecule has 0 saturated heterocycles. The number of nitrogens with zero attached hydrogens (tertiary/aromatic N) is 4. The number of aryl methyl sites for hydroxylation is 1. The van der Waals surface area contributed by atoms with Crippen molar-refractivity contribution < 1.29 is 14.6 Å². The van der Waals surface area contributed by atoms with Gasteiger partial charge in [0.15, 0.2) is 5.82 Å². The maximum atomic E-state index is 10.8. The van der Waals surface area contributed by atoms with Gasteiger partial charge >= 0.3 is 5.97 Å². The van der Waals surface area contributed by atoms with Gasteiger partial charge in [-0.3, -0.25) is 4.79 Å². The van der Waals surface area contributed by atoms with Crippen molar-refractivity contribution in [2.24, 2.45) is 0 Å². The number of benzene rings is 1. The zero-order valence-electron chi connectivity index (χ0n) is 11.7. The van der Waals surface area contributed by atoms with Gasteiger partial charge in [-0.2, -0.15) is 0 Å². The van der Waals surface area contributed by atoms with Crippen LogP contribution in [0.4, 0.5) is 0 Å². The summed E-state index contributed by atoms with van der Waals surface area (Å²) in [6.07, 6.45) is -0.593. The van der Waals surface area contributed by atoms with Gasteiger partial charge in [0.1, 0.15) is 0 Å². The molecule has 1 aromatic carbocycles. The minimum Gasteiger partial charge on any atom is -0.481 e. The Labute approximate surface area is 130 Å². The molecule has 1 unspecified atom stereocenters. The number of tetrazole rings is 1. The summed E-state index contributed by atoms with van der Waals surface area (Å²) in [5.74, 6) is -0.337. The van der Waals surface area contributed by atoms with Crippen molar-refractivity contribution in [3.8, 4) is 11.4 Å². The molecule has 0 fully saturated rings. The molecule has 21 heavy (non-hydrogen) atoms. The molecule has 112 valence electrons. The summed E-state index contributed by atoms with van der Waals surface area (Å²) in [6, 6.07) is 5.83. The first-order valence-electron chi connectivity index (χ1n) is 6.28. The summed E-state index contributed by atoms with van der Waals surface area (Å²) in [5, 5.41) is 20.5. The number of hydrogen-bond acceptors (Lipinski definition) is 5. The fourth-order valence-electron chi connectivity index (χ4n) is 1.97. The van der Waals surface area contributed by atoms with Crippen molar-refractivity contribution in [2.45, 2.75) is 26.0 Å². The Bertz CT molecular complexity index is 644. The standard InChI is InChI=1S/C13H15BrN4O3/c1-8-3-4-9(14)5-11(8)13-15-16-17-18(13)7-10(21-2)6-12(19)20/h3-5,10H,6-7H2,1-2H3,(H,19,20). The molecule has 0 amide bonds. The van der Waals surface area contributed by atoms with Crippen LogP contribution in [0.2, 0.25) is 0 Å². The van der Waals surface area contributed by atoms with E-state index in [4.69, 9.17) is 9.84 Å². The van der Waals surface area contributed by atoms with E-state index in [0.29, 0.717) is 5.82 Å². The number of aromatic nitrogens is 4. The molecule has 7 nitrogen and oxygen atoms in total. The van der Waals surface area contributed by atoms with Gasteiger partial charge in [-0.25, -0.2) is 4.68 Å². The summed E-state index contributed by atoms with van der Waals surface area (Å²) in [5.41, 5.74) is 1.92. The van der Waals surface area contributed by atoms with Gasteiger partial charge in [0.05, 0.1) is 19.1 Å². The number of hydrogen-bond donors (Lipinski definition) is 1. The number of carbonyl (C=O) groups is 1. The SMILES string of the molecule is COC(CC(=O)O)Cn1nnnc1-c1cc(Br)ccc1C. The second kappa shape index (κ2) is 6.77. The number of carboxylic acids is 1. The molecule has 2 rings (SSSR count). The van der Waals surface area contributed by atoms with Crippen LogP contribution >= 0.6 is 15.9 Å². The molecule has 1 N–H and O–H groups in total. The highest BCUT2D eigenvalue weighted by Crippen LogP contribution is 2.25. The fourth-order valence-corrected chi connectivity index (χ4v) is 2.33. The quantitative estimate of drug-likeness (QED) is 0.851. The van der Waals surface area contributed by atoms with E-state index in [2.05, 4.69) is 31.5 Å². The molecule has 0 aliphatic rings. The van der Waals surface area contributed by atoms with Gasteiger partial charge in [0, 0.05) is 17.1 Å². The lowest BCUT2D eigenvalue weighted by atomic mass is 10.1. The Morgan fingerprint density at radius 1 is 1.52 bits per heavy atom. The topological polar surface area (TPSA) is 90.1 Å². The third kappa shape index (κ3) is 3.85. The Hall–Kier alpha value is -1.80. The summed E-state index contributed by atoms with van der Waals surface area (Å²) < 4.78 is 7.66. The predicted molar refractivity (Wildman–Crippen MR) is 78.7 cm³/mol. The van der Waals surface area contributed by atoms with E-state index >= 15 is 0 Å². The van der Waals surface area contributed by atoms with Crippen LogP contribution in [0, 0.1) is 6.92 Å². The van der Waals surface area contributed by atoms with E-state index in [0.717, 1.165) is 15.6 Å². The number of halogens is 1. The third-order valence-corrected chi connectivity index (χ3v) is 3.58. The highest BCUT2D eigenvalue weighted by Gasteiger charge is 2.18. The van der Waals surface area contributed by atoms with Crippen LogP contribution in [0.15, 0.2) is 22.7 Å². The normalized spacial score (nSPS) is 12.3. The lowest BCUT2D eigenvalue weighted by Crippen LogP contribution is -2.23. The first kappa shape index (κ1) is 15.6. The van der Waals surface area contributed by atoms with Crippen molar-refractivity contribution in [1.82, 2.24) is 20.2 Å². The van der Waals surface area contributed by atoms with Crippen LogP contribution in [0.5, 0.6) is 0 Å². The van der Waals surface area contributed by atoms with E-state index in [1.807, 2.05) is 25.1 Å². The first-order chi connectivity index (χ1) is 10.0. The van der Waals surface area contributed by atoms with E-state index in [-0.39, 0.29) is 13.0 Å². The predicted octanol–water partition coefficient (Wildman–Crippen LogP) is 1.90. The maximum Gasteiger partial charge on any atom is 0.306 e. The van der Waals surface area contributed by atoms with Gasteiger partial charge in [-0.15, -0.1) is 5.10 Å². The van der Waals surface area contributed by atoms with Crippen LogP contribution in [-0.4, -0.2) is 44.5 Å². The van der Waals surface area contributed by atoms with E-state index < -0.39 is 12.1 Å². The molecule has 1 atom stereocenters. The lowest BCUT2D eigenvalue weighted by molar-refractivity contribution is -0.140. The van der Waals surface area contributed by atoms with Crippen LogP contribution in [0.25, 0.3) is 11.4 Å². The van der Waals surface area contributed by atoms with Crippen molar-refractivity contribution in [3.05, 3.63) is 28.2 Å². The zero-order chi connectivity index (χ0) is 15.4. The lowest BCUT2D eigenvalue weighted by Gasteiger charge is -2.14. The Kier molecular flexibility index (Phi) is 5.03.